The lowest BCUT2D eigenvalue weighted by Gasteiger charge is -2.24. The normalized spacial score (nSPS) is 11.5. The van der Waals surface area contributed by atoms with E-state index in [0.29, 0.717) is 12.8 Å². The van der Waals surface area contributed by atoms with E-state index in [-0.39, 0.29) is 5.78 Å². The number of hydrogen-bond donors (Lipinski definition) is 1. The molecule has 88 valence electrons. The minimum atomic E-state index is -0.701. The third-order valence-electron chi connectivity index (χ3n) is 3.34. The van der Waals surface area contributed by atoms with Crippen LogP contribution in [0.25, 0.3) is 0 Å². The van der Waals surface area contributed by atoms with Crippen molar-refractivity contribution in [1.29, 1.82) is 0 Å². The van der Waals surface area contributed by atoms with Gasteiger partial charge in [0.05, 0.1) is 5.54 Å². The van der Waals surface area contributed by atoms with Crippen molar-refractivity contribution in [2.24, 2.45) is 5.73 Å². The van der Waals surface area contributed by atoms with Gasteiger partial charge in [-0.1, -0.05) is 45.0 Å². The summed E-state index contributed by atoms with van der Waals surface area (Å²) in [6.07, 6.45) is 2.35. The van der Waals surface area contributed by atoms with Crippen molar-refractivity contribution in [2.75, 3.05) is 0 Å². The molecule has 0 radical (unpaired) electrons. The van der Waals surface area contributed by atoms with Crippen molar-refractivity contribution < 1.29 is 4.79 Å². The zero-order valence-corrected chi connectivity index (χ0v) is 10.4. The molecular weight excluding hydrogens is 198 g/mol. The Morgan fingerprint density at radius 2 is 1.62 bits per heavy atom. The molecular formula is C14H21NO. The molecule has 0 atom stereocenters. The lowest BCUT2D eigenvalue weighted by molar-refractivity contribution is 0.0879. The molecule has 0 saturated carbocycles. The van der Waals surface area contributed by atoms with Crippen molar-refractivity contribution in [1.82, 2.24) is 0 Å². The van der Waals surface area contributed by atoms with Gasteiger partial charge in [-0.25, -0.2) is 0 Å². The minimum Gasteiger partial charge on any atom is -0.319 e. The molecule has 2 nitrogen and oxygen atoms in total. The Kier molecular flexibility index (Phi) is 4.25. The van der Waals surface area contributed by atoms with Gasteiger partial charge in [-0.15, -0.1) is 0 Å². The molecule has 1 aromatic rings. The van der Waals surface area contributed by atoms with Crippen molar-refractivity contribution >= 4 is 5.78 Å². The molecule has 1 rings (SSSR count). The fraction of sp³-hybridized carbons (Fsp3) is 0.500. The van der Waals surface area contributed by atoms with Crippen molar-refractivity contribution in [2.45, 2.75) is 45.6 Å². The van der Waals surface area contributed by atoms with E-state index in [1.165, 1.54) is 5.56 Å². The Labute approximate surface area is 97.9 Å². The topological polar surface area (TPSA) is 43.1 Å². The summed E-state index contributed by atoms with van der Waals surface area (Å²) in [5.41, 5.74) is 7.36. The number of benzene rings is 1. The quantitative estimate of drug-likeness (QED) is 0.774. The molecule has 0 aliphatic rings. The molecule has 0 spiro atoms. The van der Waals surface area contributed by atoms with E-state index in [1.807, 2.05) is 38.1 Å². The first-order valence-corrected chi connectivity index (χ1v) is 6.00. The lowest BCUT2D eigenvalue weighted by atomic mass is 9.85. The second-order valence-electron chi connectivity index (χ2n) is 4.24. The first kappa shape index (κ1) is 12.9. The Morgan fingerprint density at radius 1 is 1.12 bits per heavy atom. The van der Waals surface area contributed by atoms with E-state index in [2.05, 4.69) is 6.92 Å². The van der Waals surface area contributed by atoms with Gasteiger partial charge < -0.3 is 5.73 Å². The van der Waals surface area contributed by atoms with Crippen LogP contribution >= 0.6 is 0 Å². The fourth-order valence-corrected chi connectivity index (χ4v) is 1.75. The van der Waals surface area contributed by atoms with Crippen LogP contribution in [-0.2, 0) is 6.42 Å². The molecule has 2 heteroatoms. The van der Waals surface area contributed by atoms with E-state index in [0.717, 1.165) is 12.0 Å². The van der Waals surface area contributed by atoms with E-state index in [9.17, 15) is 4.79 Å². The average Bonchev–Trinajstić information content (AvgIpc) is 2.37. The van der Waals surface area contributed by atoms with Crippen LogP contribution in [0.15, 0.2) is 24.3 Å². The molecule has 0 fully saturated rings. The number of carbonyl (C=O) groups is 1. The zero-order chi connectivity index (χ0) is 12.2. The Balaban J connectivity index is 2.95. The predicted molar refractivity (Wildman–Crippen MR) is 67.7 cm³/mol. The van der Waals surface area contributed by atoms with E-state index in [4.69, 9.17) is 5.73 Å². The van der Waals surface area contributed by atoms with Crippen LogP contribution in [-0.4, -0.2) is 11.3 Å². The molecule has 0 saturated heterocycles. The molecule has 16 heavy (non-hydrogen) atoms. The van der Waals surface area contributed by atoms with Gasteiger partial charge in [-0.05, 0) is 24.8 Å². The highest BCUT2D eigenvalue weighted by molar-refractivity contribution is 6.03. The minimum absolute atomic E-state index is 0.0557. The zero-order valence-electron chi connectivity index (χ0n) is 10.4. The summed E-state index contributed by atoms with van der Waals surface area (Å²) in [7, 11) is 0. The number of nitrogens with two attached hydrogens (primary N) is 1. The number of hydrogen-bond acceptors (Lipinski definition) is 2. The maximum atomic E-state index is 12.2. The molecule has 1 aromatic carbocycles. The van der Waals surface area contributed by atoms with Gasteiger partial charge in [0, 0.05) is 5.56 Å². The Morgan fingerprint density at radius 3 is 2.00 bits per heavy atom. The molecule has 0 amide bonds. The van der Waals surface area contributed by atoms with E-state index < -0.39 is 5.54 Å². The summed E-state index contributed by atoms with van der Waals surface area (Å²) in [4.78, 5) is 12.2. The number of Topliss-reactive ketones (excluding diaryl/α,β-unsaturated/α-hetero) is 1. The Bertz CT molecular complexity index is 350. The second kappa shape index (κ2) is 5.26. The van der Waals surface area contributed by atoms with Gasteiger partial charge in [0.1, 0.15) is 0 Å². The van der Waals surface area contributed by atoms with Crippen molar-refractivity contribution in [3.8, 4) is 0 Å². The standard InChI is InChI=1S/C14H21NO/c1-4-11-7-9-12(10-8-11)13(16)14(15,5-2)6-3/h7-10H,4-6,15H2,1-3H3. The van der Waals surface area contributed by atoms with Crippen LogP contribution in [0.5, 0.6) is 0 Å². The largest absolute Gasteiger partial charge is 0.319 e. The maximum absolute atomic E-state index is 12.2. The van der Waals surface area contributed by atoms with Crippen LogP contribution in [0.2, 0.25) is 0 Å². The van der Waals surface area contributed by atoms with E-state index >= 15 is 0 Å². The van der Waals surface area contributed by atoms with Gasteiger partial charge in [-0.3, -0.25) is 4.79 Å². The highest BCUT2D eigenvalue weighted by Crippen LogP contribution is 2.18. The first-order valence-electron chi connectivity index (χ1n) is 6.00. The molecule has 2 N–H and O–H groups in total. The van der Waals surface area contributed by atoms with Gasteiger partial charge in [0.15, 0.2) is 5.78 Å². The highest BCUT2D eigenvalue weighted by Gasteiger charge is 2.30. The van der Waals surface area contributed by atoms with Gasteiger partial charge in [0.2, 0.25) is 0 Å². The smallest absolute Gasteiger partial charge is 0.182 e. The predicted octanol–water partition coefficient (Wildman–Crippen LogP) is 2.95. The third-order valence-corrected chi connectivity index (χ3v) is 3.34. The number of aryl methyl sites for hydroxylation is 1. The SMILES string of the molecule is CCc1ccc(C(=O)C(N)(CC)CC)cc1. The van der Waals surface area contributed by atoms with Gasteiger partial charge in [0.25, 0.3) is 0 Å². The number of ketones is 1. The molecule has 0 unspecified atom stereocenters. The summed E-state index contributed by atoms with van der Waals surface area (Å²) >= 11 is 0. The summed E-state index contributed by atoms with van der Waals surface area (Å²) < 4.78 is 0. The molecule has 0 aliphatic carbocycles. The monoisotopic (exact) mass is 219 g/mol. The van der Waals surface area contributed by atoms with Gasteiger partial charge in [-0.2, -0.15) is 0 Å². The molecule has 0 heterocycles. The number of carbonyl (C=O) groups excluding carboxylic acids is 1. The summed E-state index contributed by atoms with van der Waals surface area (Å²) in [6.45, 7) is 6.02. The van der Waals surface area contributed by atoms with Crippen LogP contribution in [0.3, 0.4) is 0 Å². The van der Waals surface area contributed by atoms with Crippen LogP contribution in [0.1, 0.15) is 49.5 Å². The average molecular weight is 219 g/mol. The van der Waals surface area contributed by atoms with Gasteiger partial charge >= 0.3 is 0 Å². The Hall–Kier alpha value is -1.15. The van der Waals surface area contributed by atoms with Crippen LogP contribution in [0, 0.1) is 0 Å². The number of rotatable bonds is 5. The first-order chi connectivity index (χ1) is 7.57. The van der Waals surface area contributed by atoms with Crippen molar-refractivity contribution in [3.63, 3.8) is 0 Å². The van der Waals surface area contributed by atoms with E-state index in [1.54, 1.807) is 0 Å². The van der Waals surface area contributed by atoms with Crippen LogP contribution in [0.4, 0.5) is 0 Å². The van der Waals surface area contributed by atoms with Crippen molar-refractivity contribution in [3.05, 3.63) is 35.4 Å². The lowest BCUT2D eigenvalue weighted by Crippen LogP contribution is -2.46. The summed E-state index contributed by atoms with van der Waals surface area (Å²) in [5.74, 6) is 0.0557. The second-order valence-corrected chi connectivity index (χ2v) is 4.24. The highest BCUT2D eigenvalue weighted by atomic mass is 16.1. The molecule has 0 aromatic heterocycles. The fourth-order valence-electron chi connectivity index (χ4n) is 1.75. The molecule has 0 bridgehead atoms. The molecule has 0 aliphatic heterocycles. The summed E-state index contributed by atoms with van der Waals surface area (Å²) in [5, 5.41) is 0. The summed E-state index contributed by atoms with van der Waals surface area (Å²) in [6, 6.07) is 7.76. The third kappa shape index (κ3) is 2.50. The maximum Gasteiger partial charge on any atom is 0.182 e. The van der Waals surface area contributed by atoms with Crippen LogP contribution < -0.4 is 5.73 Å².